The summed E-state index contributed by atoms with van der Waals surface area (Å²) in [6, 6.07) is 7.63. The first-order chi connectivity index (χ1) is 14.6. The number of ether oxygens (including phenoxy) is 1. The molecule has 0 bridgehead atoms. The fourth-order valence-electron chi connectivity index (χ4n) is 3.45. The number of hydrogen-bond donors (Lipinski definition) is 1. The van der Waals surface area contributed by atoms with Crippen LogP contribution >= 0.6 is 0 Å². The van der Waals surface area contributed by atoms with Crippen LogP contribution in [-0.4, -0.2) is 43.1 Å². The van der Waals surface area contributed by atoms with Crippen molar-refractivity contribution in [2.24, 2.45) is 0 Å². The molecule has 1 aromatic carbocycles. The van der Waals surface area contributed by atoms with Crippen molar-refractivity contribution in [3.8, 4) is 5.75 Å². The van der Waals surface area contributed by atoms with E-state index in [4.69, 9.17) is 4.74 Å². The van der Waals surface area contributed by atoms with E-state index in [0.29, 0.717) is 5.56 Å². The van der Waals surface area contributed by atoms with E-state index in [1.165, 1.54) is 64.5 Å². The van der Waals surface area contributed by atoms with E-state index in [1.54, 1.807) is 0 Å². The quantitative estimate of drug-likeness (QED) is 0.397. The summed E-state index contributed by atoms with van der Waals surface area (Å²) in [7, 11) is 0. The highest BCUT2D eigenvalue weighted by atomic mass is 16.5. The predicted molar refractivity (Wildman–Crippen MR) is 128 cm³/mol. The topological polar surface area (TPSA) is 41.6 Å². The van der Waals surface area contributed by atoms with Crippen LogP contribution in [0.3, 0.4) is 0 Å². The second-order valence-electron chi connectivity index (χ2n) is 8.47. The van der Waals surface area contributed by atoms with Crippen molar-refractivity contribution < 1.29 is 9.53 Å². The zero-order valence-electron chi connectivity index (χ0n) is 20.0. The van der Waals surface area contributed by atoms with Crippen molar-refractivity contribution in [3.63, 3.8) is 0 Å². The van der Waals surface area contributed by atoms with Gasteiger partial charge in [0.2, 0.25) is 0 Å². The van der Waals surface area contributed by atoms with Crippen molar-refractivity contribution in [3.05, 3.63) is 29.8 Å². The molecule has 1 aromatic rings. The summed E-state index contributed by atoms with van der Waals surface area (Å²) in [6.45, 7) is 12.9. The molecule has 1 aliphatic rings. The molecule has 1 unspecified atom stereocenters. The maximum absolute atomic E-state index is 12.0. The highest BCUT2D eigenvalue weighted by Gasteiger charge is 2.10. The Hall–Kier alpha value is -1.55. The Kier molecular flexibility index (Phi) is 15.2. The van der Waals surface area contributed by atoms with Gasteiger partial charge in [-0.15, -0.1) is 0 Å². The van der Waals surface area contributed by atoms with E-state index in [-0.39, 0.29) is 11.9 Å². The van der Waals surface area contributed by atoms with Gasteiger partial charge in [0.15, 0.2) is 0 Å². The zero-order chi connectivity index (χ0) is 22.0. The first-order valence-corrected chi connectivity index (χ1v) is 12.4. The summed E-state index contributed by atoms with van der Waals surface area (Å²) in [5.74, 6) is 0.819. The second kappa shape index (κ2) is 17.2. The van der Waals surface area contributed by atoms with Crippen molar-refractivity contribution in [2.45, 2.75) is 97.9 Å². The highest BCUT2D eigenvalue weighted by molar-refractivity contribution is 5.94. The van der Waals surface area contributed by atoms with E-state index >= 15 is 0 Å². The molecule has 1 heterocycles. The van der Waals surface area contributed by atoms with Crippen LogP contribution in [0.1, 0.15) is 102 Å². The van der Waals surface area contributed by atoms with E-state index in [1.807, 2.05) is 31.2 Å². The first kappa shape index (κ1) is 26.5. The normalized spacial score (nSPS) is 15.1. The molecule has 0 aromatic heterocycles. The molecule has 1 saturated heterocycles. The van der Waals surface area contributed by atoms with Gasteiger partial charge in [-0.2, -0.15) is 0 Å². The van der Waals surface area contributed by atoms with E-state index in [9.17, 15) is 4.79 Å². The van der Waals surface area contributed by atoms with Gasteiger partial charge in [0.25, 0.3) is 5.91 Å². The maximum atomic E-state index is 12.0. The molecule has 30 heavy (non-hydrogen) atoms. The average Bonchev–Trinajstić information content (AvgIpc) is 2.78. The molecule has 1 amide bonds. The van der Waals surface area contributed by atoms with Gasteiger partial charge in [0.05, 0.1) is 6.61 Å². The largest absolute Gasteiger partial charge is 0.494 e. The lowest BCUT2D eigenvalue weighted by Gasteiger charge is -2.26. The molecule has 1 N–H and O–H groups in total. The Balaban J connectivity index is 0.000000553. The molecular formula is C26H46N2O2. The van der Waals surface area contributed by atoms with Gasteiger partial charge in [-0.25, -0.2) is 0 Å². The number of amides is 1. The molecule has 1 atom stereocenters. The highest BCUT2D eigenvalue weighted by Crippen LogP contribution is 2.13. The van der Waals surface area contributed by atoms with Gasteiger partial charge in [-0.1, -0.05) is 59.3 Å². The molecule has 0 aliphatic carbocycles. The SMILES string of the molecule is CCC(C)NC(=O)c1ccc(OCCCN2CCCCC2)cc1.CCCCCCC. The number of likely N-dealkylation sites (tertiary alicyclic amines) is 1. The molecule has 1 fully saturated rings. The van der Waals surface area contributed by atoms with Gasteiger partial charge in [-0.3, -0.25) is 4.79 Å². The molecule has 4 nitrogen and oxygen atoms in total. The average molecular weight is 419 g/mol. The molecule has 0 saturated carbocycles. The third-order valence-corrected chi connectivity index (χ3v) is 5.65. The molecular weight excluding hydrogens is 372 g/mol. The fourth-order valence-corrected chi connectivity index (χ4v) is 3.45. The predicted octanol–water partition coefficient (Wildman–Crippen LogP) is 6.45. The van der Waals surface area contributed by atoms with Crippen LogP contribution in [0, 0.1) is 0 Å². The van der Waals surface area contributed by atoms with Crippen molar-refractivity contribution in [1.82, 2.24) is 10.2 Å². The number of benzene rings is 1. The minimum Gasteiger partial charge on any atom is -0.494 e. The van der Waals surface area contributed by atoms with Gasteiger partial charge < -0.3 is 15.0 Å². The summed E-state index contributed by atoms with van der Waals surface area (Å²) < 4.78 is 5.78. The summed E-state index contributed by atoms with van der Waals surface area (Å²) in [5, 5.41) is 2.97. The van der Waals surface area contributed by atoms with Gasteiger partial charge in [-0.05, 0) is 70.0 Å². The second-order valence-corrected chi connectivity index (χ2v) is 8.47. The van der Waals surface area contributed by atoms with Crippen LogP contribution in [0.25, 0.3) is 0 Å². The van der Waals surface area contributed by atoms with Crippen LogP contribution in [0.15, 0.2) is 24.3 Å². The Morgan fingerprint density at radius 1 is 0.967 bits per heavy atom. The third kappa shape index (κ3) is 12.2. The van der Waals surface area contributed by atoms with Crippen LogP contribution in [0.2, 0.25) is 0 Å². The Morgan fingerprint density at radius 3 is 2.17 bits per heavy atom. The molecule has 172 valence electrons. The van der Waals surface area contributed by atoms with Crippen molar-refractivity contribution in [1.29, 1.82) is 0 Å². The Labute approximate surface area is 185 Å². The van der Waals surface area contributed by atoms with Crippen molar-refractivity contribution in [2.75, 3.05) is 26.2 Å². The van der Waals surface area contributed by atoms with Gasteiger partial charge in [0, 0.05) is 18.2 Å². The minimum absolute atomic E-state index is 0.0176. The van der Waals surface area contributed by atoms with Crippen molar-refractivity contribution >= 4 is 5.91 Å². The number of carbonyl (C=O) groups excluding carboxylic acids is 1. The summed E-state index contributed by atoms with van der Waals surface area (Å²) in [5.41, 5.74) is 0.686. The smallest absolute Gasteiger partial charge is 0.251 e. The first-order valence-electron chi connectivity index (χ1n) is 12.4. The Morgan fingerprint density at radius 2 is 1.60 bits per heavy atom. The lowest BCUT2D eigenvalue weighted by Crippen LogP contribution is -2.31. The molecule has 0 spiro atoms. The number of nitrogens with zero attached hydrogens (tertiary/aromatic N) is 1. The maximum Gasteiger partial charge on any atom is 0.251 e. The van der Waals surface area contributed by atoms with Gasteiger partial charge in [0.1, 0.15) is 5.75 Å². The van der Waals surface area contributed by atoms with Crippen LogP contribution in [-0.2, 0) is 0 Å². The Bertz CT molecular complexity index is 534. The summed E-state index contributed by atoms with van der Waals surface area (Å²) >= 11 is 0. The van der Waals surface area contributed by atoms with Gasteiger partial charge >= 0.3 is 0 Å². The summed E-state index contributed by atoms with van der Waals surface area (Å²) in [4.78, 5) is 14.5. The number of carbonyl (C=O) groups is 1. The number of piperidine rings is 1. The zero-order valence-corrected chi connectivity index (χ0v) is 20.0. The van der Waals surface area contributed by atoms with E-state index < -0.39 is 0 Å². The van der Waals surface area contributed by atoms with Crippen LogP contribution in [0.5, 0.6) is 5.75 Å². The number of hydrogen-bond acceptors (Lipinski definition) is 3. The number of nitrogens with one attached hydrogen (secondary N) is 1. The third-order valence-electron chi connectivity index (χ3n) is 5.65. The van der Waals surface area contributed by atoms with E-state index in [2.05, 4.69) is 31.0 Å². The number of unbranched alkanes of at least 4 members (excludes halogenated alkanes) is 4. The standard InChI is InChI=1S/C19H30N2O2.C7H16/c1-3-16(2)20-19(22)17-8-10-18(11-9-17)23-15-7-14-21-12-5-4-6-13-21;1-3-5-7-6-4-2/h8-11,16H,3-7,12-15H2,1-2H3,(H,20,22);3-7H2,1-2H3. The monoisotopic (exact) mass is 418 g/mol. The fraction of sp³-hybridized carbons (Fsp3) is 0.731. The lowest BCUT2D eigenvalue weighted by molar-refractivity contribution is 0.0939. The molecule has 2 rings (SSSR count). The molecule has 1 aliphatic heterocycles. The number of rotatable bonds is 12. The van der Waals surface area contributed by atoms with Crippen LogP contribution < -0.4 is 10.1 Å². The minimum atomic E-state index is -0.0176. The molecule has 0 radical (unpaired) electrons. The lowest BCUT2D eigenvalue weighted by atomic mass is 10.1. The summed E-state index contributed by atoms with van der Waals surface area (Å²) in [6.07, 6.45) is 13.0. The van der Waals surface area contributed by atoms with E-state index in [0.717, 1.165) is 31.7 Å². The molecule has 4 heteroatoms. The van der Waals surface area contributed by atoms with Crippen LogP contribution in [0.4, 0.5) is 0 Å².